The molecule has 204 valence electrons. The van der Waals surface area contributed by atoms with Gasteiger partial charge >= 0.3 is 0 Å². The molecule has 0 spiro atoms. The fraction of sp³-hybridized carbons (Fsp3) is 0.481. The van der Waals surface area contributed by atoms with E-state index in [1.54, 1.807) is 17.0 Å². The zero-order chi connectivity index (χ0) is 27.6. The molecule has 37 heavy (non-hydrogen) atoms. The third kappa shape index (κ3) is 9.23. The fourth-order valence-corrected chi connectivity index (χ4v) is 5.15. The maximum absolute atomic E-state index is 13.4. The molecule has 0 aromatic heterocycles. The average molecular weight is 552 g/mol. The number of halogens is 1. The number of sulfonamides is 1. The summed E-state index contributed by atoms with van der Waals surface area (Å²) in [6.45, 7) is 6.80. The summed E-state index contributed by atoms with van der Waals surface area (Å²) in [6.07, 6.45) is 1.92. The Labute approximate surface area is 226 Å². The van der Waals surface area contributed by atoms with Crippen LogP contribution >= 0.6 is 11.6 Å². The van der Waals surface area contributed by atoms with Gasteiger partial charge in [-0.05, 0) is 42.5 Å². The highest BCUT2D eigenvalue weighted by Gasteiger charge is 2.29. The van der Waals surface area contributed by atoms with Crippen molar-refractivity contribution in [3.05, 3.63) is 59.1 Å². The summed E-state index contributed by atoms with van der Waals surface area (Å²) in [5.74, 6) is 0.322. The van der Waals surface area contributed by atoms with E-state index in [2.05, 4.69) is 5.32 Å². The molecule has 1 atom stereocenters. The third-order valence-electron chi connectivity index (χ3n) is 5.84. The van der Waals surface area contributed by atoms with Crippen molar-refractivity contribution < 1.29 is 22.7 Å². The number of hydrogen-bond acceptors (Lipinski definition) is 5. The van der Waals surface area contributed by atoms with E-state index in [-0.39, 0.29) is 48.7 Å². The van der Waals surface area contributed by atoms with E-state index >= 15 is 0 Å². The van der Waals surface area contributed by atoms with Crippen molar-refractivity contribution in [2.45, 2.75) is 52.6 Å². The Morgan fingerprint density at radius 2 is 1.78 bits per heavy atom. The van der Waals surface area contributed by atoms with Crippen LogP contribution in [0.25, 0.3) is 0 Å². The molecule has 0 unspecified atom stereocenters. The number of benzene rings is 2. The number of amides is 2. The van der Waals surface area contributed by atoms with Gasteiger partial charge in [-0.15, -0.1) is 0 Å². The highest BCUT2D eigenvalue weighted by molar-refractivity contribution is 7.92. The molecule has 2 rings (SSSR count). The number of rotatable bonds is 14. The zero-order valence-electron chi connectivity index (χ0n) is 22.2. The SMILES string of the molecule is CC[C@H](C(=O)NCC(C)C)N(Cc1ccccc1)C(=O)CCCN(c1ccc(OC)c(Cl)c1)S(C)(=O)=O. The molecule has 10 heteroatoms. The Balaban J connectivity index is 2.20. The van der Waals surface area contributed by atoms with Gasteiger partial charge in [0.1, 0.15) is 11.8 Å². The number of ether oxygens (including phenoxy) is 1. The Hall–Kier alpha value is -2.78. The molecule has 0 saturated heterocycles. The van der Waals surface area contributed by atoms with Crippen molar-refractivity contribution in [1.29, 1.82) is 0 Å². The van der Waals surface area contributed by atoms with Crippen molar-refractivity contribution >= 4 is 39.1 Å². The standard InChI is InChI=1S/C27H38ClN3O5S/c1-6-24(27(33)29-18-20(2)3)30(19-21-11-8-7-9-12-21)26(32)13-10-16-31(37(5,34)35)22-14-15-25(36-4)23(28)17-22/h7-9,11-12,14-15,17,20,24H,6,10,13,16,18-19H2,1-5H3,(H,29,33)/t24-/m1/s1. The van der Waals surface area contributed by atoms with Crippen LogP contribution in [0.4, 0.5) is 5.69 Å². The minimum Gasteiger partial charge on any atom is -0.495 e. The van der Waals surface area contributed by atoms with Gasteiger partial charge in [-0.3, -0.25) is 13.9 Å². The van der Waals surface area contributed by atoms with Crippen molar-refractivity contribution in [3.8, 4) is 5.75 Å². The molecule has 0 heterocycles. The molecule has 0 bridgehead atoms. The highest BCUT2D eigenvalue weighted by Crippen LogP contribution is 2.30. The van der Waals surface area contributed by atoms with Crippen molar-refractivity contribution in [1.82, 2.24) is 10.2 Å². The summed E-state index contributed by atoms with van der Waals surface area (Å²) >= 11 is 6.21. The number of carbonyl (C=O) groups is 2. The zero-order valence-corrected chi connectivity index (χ0v) is 23.8. The van der Waals surface area contributed by atoms with Gasteiger partial charge in [0.25, 0.3) is 0 Å². The number of anilines is 1. The van der Waals surface area contributed by atoms with Gasteiger partial charge in [0.05, 0.1) is 24.1 Å². The second kappa shape index (κ2) is 14.2. The molecule has 2 aromatic rings. The summed E-state index contributed by atoms with van der Waals surface area (Å²) in [5.41, 5.74) is 1.30. The average Bonchev–Trinajstić information content (AvgIpc) is 2.84. The maximum atomic E-state index is 13.4. The molecule has 2 aromatic carbocycles. The minimum absolute atomic E-state index is 0.0801. The second-order valence-electron chi connectivity index (χ2n) is 9.33. The van der Waals surface area contributed by atoms with Crippen LogP contribution in [0.2, 0.25) is 5.02 Å². The first-order valence-corrected chi connectivity index (χ1v) is 14.6. The molecule has 8 nitrogen and oxygen atoms in total. The molecule has 2 amide bonds. The molecule has 0 aliphatic rings. The Morgan fingerprint density at radius 3 is 2.32 bits per heavy atom. The number of methoxy groups -OCH3 is 1. The second-order valence-corrected chi connectivity index (χ2v) is 11.6. The summed E-state index contributed by atoms with van der Waals surface area (Å²) in [5, 5.41) is 3.23. The van der Waals surface area contributed by atoms with E-state index in [1.165, 1.54) is 17.5 Å². The van der Waals surface area contributed by atoms with Crippen LogP contribution in [0.1, 0.15) is 45.6 Å². The lowest BCUT2D eigenvalue weighted by atomic mass is 10.1. The maximum Gasteiger partial charge on any atom is 0.242 e. The van der Waals surface area contributed by atoms with Crippen LogP contribution < -0.4 is 14.4 Å². The molecule has 0 aliphatic heterocycles. The summed E-state index contributed by atoms with van der Waals surface area (Å²) < 4.78 is 31.4. The van der Waals surface area contributed by atoms with Crippen LogP contribution in [0.15, 0.2) is 48.5 Å². The normalized spacial score (nSPS) is 12.2. The molecular weight excluding hydrogens is 514 g/mol. The molecule has 0 fully saturated rings. The molecule has 0 saturated carbocycles. The Kier molecular flexibility index (Phi) is 11.7. The van der Waals surface area contributed by atoms with Crippen molar-refractivity contribution in [3.63, 3.8) is 0 Å². The van der Waals surface area contributed by atoms with Gasteiger partial charge in [0.2, 0.25) is 21.8 Å². The van der Waals surface area contributed by atoms with Gasteiger partial charge in [-0.2, -0.15) is 0 Å². The van der Waals surface area contributed by atoms with E-state index in [0.717, 1.165) is 11.8 Å². The number of nitrogens with one attached hydrogen (secondary N) is 1. The predicted molar refractivity (Wildman–Crippen MR) is 148 cm³/mol. The van der Waals surface area contributed by atoms with Gasteiger partial charge in [-0.1, -0.05) is 62.7 Å². The van der Waals surface area contributed by atoms with Gasteiger partial charge in [0, 0.05) is 26.1 Å². The number of carbonyl (C=O) groups excluding carboxylic acids is 2. The van der Waals surface area contributed by atoms with Gasteiger partial charge in [0.15, 0.2) is 0 Å². The predicted octanol–water partition coefficient (Wildman–Crippen LogP) is 4.47. The Bertz CT molecular complexity index is 1140. The van der Waals surface area contributed by atoms with Gasteiger partial charge in [-0.25, -0.2) is 8.42 Å². The first kappa shape index (κ1) is 30.4. The first-order chi connectivity index (χ1) is 17.5. The lowest BCUT2D eigenvalue weighted by Crippen LogP contribution is -2.49. The fourth-order valence-electron chi connectivity index (χ4n) is 3.94. The summed E-state index contributed by atoms with van der Waals surface area (Å²) in [7, 11) is -2.15. The molecule has 1 N–H and O–H groups in total. The van der Waals surface area contributed by atoms with Crippen LogP contribution in [0, 0.1) is 5.92 Å². The molecule has 0 aliphatic carbocycles. The summed E-state index contributed by atoms with van der Waals surface area (Å²) in [4.78, 5) is 28.0. The van der Waals surface area contributed by atoms with Crippen LogP contribution in [-0.2, 0) is 26.2 Å². The van der Waals surface area contributed by atoms with Crippen LogP contribution in [0.3, 0.4) is 0 Å². The quantitative estimate of drug-likeness (QED) is 0.373. The lowest BCUT2D eigenvalue weighted by Gasteiger charge is -2.31. The highest BCUT2D eigenvalue weighted by atomic mass is 35.5. The van der Waals surface area contributed by atoms with E-state index in [4.69, 9.17) is 16.3 Å². The van der Waals surface area contributed by atoms with Crippen molar-refractivity contribution in [2.75, 3.05) is 30.8 Å². The lowest BCUT2D eigenvalue weighted by molar-refractivity contribution is -0.141. The van der Waals surface area contributed by atoms with Crippen LogP contribution in [0.5, 0.6) is 5.75 Å². The van der Waals surface area contributed by atoms with E-state index < -0.39 is 16.1 Å². The first-order valence-electron chi connectivity index (χ1n) is 12.4. The molecule has 0 radical (unpaired) electrons. The smallest absolute Gasteiger partial charge is 0.242 e. The topological polar surface area (TPSA) is 96.0 Å². The van der Waals surface area contributed by atoms with Crippen molar-refractivity contribution in [2.24, 2.45) is 5.92 Å². The minimum atomic E-state index is -3.63. The van der Waals surface area contributed by atoms with Crippen LogP contribution in [-0.4, -0.2) is 57.6 Å². The van der Waals surface area contributed by atoms with E-state index in [0.29, 0.717) is 24.4 Å². The van der Waals surface area contributed by atoms with Gasteiger partial charge < -0.3 is 15.0 Å². The van der Waals surface area contributed by atoms with E-state index in [9.17, 15) is 18.0 Å². The number of hydrogen-bond donors (Lipinski definition) is 1. The molecular formula is C27H38ClN3O5S. The van der Waals surface area contributed by atoms with E-state index in [1.807, 2.05) is 51.1 Å². The summed E-state index contributed by atoms with van der Waals surface area (Å²) in [6, 6.07) is 13.6. The Morgan fingerprint density at radius 1 is 1.11 bits per heavy atom. The third-order valence-corrected chi connectivity index (χ3v) is 7.33. The number of nitrogens with zero attached hydrogens (tertiary/aromatic N) is 2. The monoisotopic (exact) mass is 551 g/mol. The largest absolute Gasteiger partial charge is 0.495 e.